The number of hydrogen-bond acceptors (Lipinski definition) is 1. The van der Waals surface area contributed by atoms with E-state index in [-0.39, 0.29) is 0 Å². The summed E-state index contributed by atoms with van der Waals surface area (Å²) < 4.78 is 0. The van der Waals surface area contributed by atoms with E-state index in [0.717, 1.165) is 12.0 Å². The molecule has 2 unspecified atom stereocenters. The van der Waals surface area contributed by atoms with Crippen LogP contribution in [-0.2, 0) is 0 Å². The third-order valence-electron chi connectivity index (χ3n) is 4.46. The first kappa shape index (κ1) is 10.5. The lowest BCUT2D eigenvalue weighted by atomic mass is 9.88. The van der Waals surface area contributed by atoms with Crippen LogP contribution < -0.4 is 5.32 Å². The van der Waals surface area contributed by atoms with Crippen molar-refractivity contribution in [2.24, 2.45) is 11.3 Å². The highest BCUT2D eigenvalue weighted by molar-refractivity contribution is 4.86. The summed E-state index contributed by atoms with van der Waals surface area (Å²) in [5.41, 5.74) is 0.627. The molecule has 0 amide bonds. The van der Waals surface area contributed by atoms with Gasteiger partial charge in [0.25, 0.3) is 0 Å². The van der Waals surface area contributed by atoms with Gasteiger partial charge in [0.15, 0.2) is 0 Å². The van der Waals surface area contributed by atoms with Crippen LogP contribution in [-0.4, -0.2) is 12.6 Å². The molecule has 2 saturated carbocycles. The fourth-order valence-electron chi connectivity index (χ4n) is 3.23. The van der Waals surface area contributed by atoms with Gasteiger partial charge >= 0.3 is 0 Å². The summed E-state index contributed by atoms with van der Waals surface area (Å²) >= 11 is 0. The van der Waals surface area contributed by atoms with Crippen molar-refractivity contribution in [1.29, 1.82) is 0 Å². The lowest BCUT2D eigenvalue weighted by molar-refractivity contribution is 0.282. The van der Waals surface area contributed by atoms with Crippen LogP contribution in [0.3, 0.4) is 0 Å². The molecule has 0 radical (unpaired) electrons. The van der Waals surface area contributed by atoms with Gasteiger partial charge in [-0.1, -0.05) is 33.1 Å². The summed E-state index contributed by atoms with van der Waals surface area (Å²) in [6.07, 6.45) is 10.1. The quantitative estimate of drug-likeness (QED) is 0.728. The number of hydrogen-bond donors (Lipinski definition) is 1. The minimum Gasteiger partial charge on any atom is -0.313 e. The first-order valence-electron chi connectivity index (χ1n) is 6.43. The molecule has 0 bridgehead atoms. The lowest BCUT2D eigenvalue weighted by Gasteiger charge is -2.27. The molecule has 14 heavy (non-hydrogen) atoms. The molecule has 2 aliphatic carbocycles. The van der Waals surface area contributed by atoms with Gasteiger partial charge in [-0.15, -0.1) is 0 Å². The second kappa shape index (κ2) is 4.22. The molecule has 0 spiro atoms. The average Bonchev–Trinajstić information content (AvgIpc) is 2.73. The van der Waals surface area contributed by atoms with Crippen molar-refractivity contribution < 1.29 is 0 Å². The van der Waals surface area contributed by atoms with Gasteiger partial charge in [-0.2, -0.15) is 0 Å². The fourth-order valence-corrected chi connectivity index (χ4v) is 3.23. The Kier molecular flexibility index (Phi) is 3.16. The predicted molar refractivity (Wildman–Crippen MR) is 61.4 cm³/mol. The molecule has 2 aliphatic rings. The zero-order valence-electron chi connectivity index (χ0n) is 9.81. The van der Waals surface area contributed by atoms with Crippen molar-refractivity contribution in [3.05, 3.63) is 0 Å². The van der Waals surface area contributed by atoms with Gasteiger partial charge in [-0.05, 0) is 37.0 Å². The summed E-state index contributed by atoms with van der Waals surface area (Å²) in [7, 11) is 0. The highest BCUT2D eigenvalue weighted by atomic mass is 14.9. The second-order valence-electron chi connectivity index (χ2n) is 5.91. The molecule has 0 saturated heterocycles. The summed E-state index contributed by atoms with van der Waals surface area (Å²) in [5.74, 6) is 0.917. The van der Waals surface area contributed by atoms with Crippen LogP contribution in [0.1, 0.15) is 58.8 Å². The summed E-state index contributed by atoms with van der Waals surface area (Å²) in [5, 5.41) is 3.81. The molecule has 2 rings (SSSR count). The largest absolute Gasteiger partial charge is 0.313 e. The topological polar surface area (TPSA) is 12.0 Å². The Morgan fingerprint density at radius 2 is 1.86 bits per heavy atom. The van der Waals surface area contributed by atoms with Crippen molar-refractivity contribution in [3.8, 4) is 0 Å². The van der Waals surface area contributed by atoms with Crippen molar-refractivity contribution in [2.75, 3.05) is 6.54 Å². The van der Waals surface area contributed by atoms with Gasteiger partial charge in [-0.25, -0.2) is 0 Å². The Morgan fingerprint density at radius 1 is 1.14 bits per heavy atom. The third kappa shape index (κ3) is 2.31. The van der Waals surface area contributed by atoms with Gasteiger partial charge in [0, 0.05) is 12.6 Å². The van der Waals surface area contributed by atoms with Gasteiger partial charge in [0.2, 0.25) is 0 Å². The van der Waals surface area contributed by atoms with E-state index in [1.807, 2.05) is 0 Å². The fraction of sp³-hybridized carbons (Fsp3) is 1.00. The molecule has 1 N–H and O–H groups in total. The summed E-state index contributed by atoms with van der Waals surface area (Å²) in [6, 6.07) is 0.826. The molecule has 1 heteroatoms. The van der Waals surface area contributed by atoms with E-state index in [0.29, 0.717) is 5.41 Å². The van der Waals surface area contributed by atoms with Crippen molar-refractivity contribution >= 4 is 0 Å². The van der Waals surface area contributed by atoms with Gasteiger partial charge in [0.05, 0.1) is 0 Å². The van der Waals surface area contributed by atoms with Crippen LogP contribution in [0.4, 0.5) is 0 Å². The zero-order chi connectivity index (χ0) is 10.0. The third-order valence-corrected chi connectivity index (χ3v) is 4.46. The molecule has 2 atom stereocenters. The zero-order valence-corrected chi connectivity index (χ0v) is 9.81. The molecular formula is C13H25N. The normalized spacial score (nSPS) is 36.4. The van der Waals surface area contributed by atoms with Crippen molar-refractivity contribution in [3.63, 3.8) is 0 Å². The van der Waals surface area contributed by atoms with E-state index < -0.39 is 0 Å². The molecular weight excluding hydrogens is 170 g/mol. The maximum absolute atomic E-state index is 3.81. The predicted octanol–water partition coefficient (Wildman–Crippen LogP) is 3.34. The molecule has 0 aromatic heterocycles. The van der Waals surface area contributed by atoms with Crippen LogP contribution in [0, 0.1) is 11.3 Å². The minimum absolute atomic E-state index is 0.627. The maximum Gasteiger partial charge on any atom is 0.00929 e. The molecule has 1 nitrogen and oxygen atoms in total. The first-order chi connectivity index (χ1) is 6.70. The Morgan fingerprint density at radius 3 is 2.43 bits per heavy atom. The highest BCUT2D eigenvalue weighted by Gasteiger charge is 2.30. The van der Waals surface area contributed by atoms with E-state index in [2.05, 4.69) is 19.2 Å². The summed E-state index contributed by atoms with van der Waals surface area (Å²) in [4.78, 5) is 0. The minimum atomic E-state index is 0.627. The monoisotopic (exact) mass is 195 g/mol. The molecule has 0 aromatic rings. The number of rotatable bonds is 3. The Bertz CT molecular complexity index is 182. The summed E-state index contributed by atoms with van der Waals surface area (Å²) in [6.45, 7) is 6.14. The molecule has 0 aromatic carbocycles. The molecule has 82 valence electrons. The standard InChI is InChI=1S/C13H25N/c1-11-6-5-7-12(11)14-10-13(2)8-3-4-9-13/h11-12,14H,3-10H2,1-2H3. The van der Waals surface area contributed by atoms with Crippen LogP contribution in [0.5, 0.6) is 0 Å². The van der Waals surface area contributed by atoms with Gasteiger partial charge < -0.3 is 5.32 Å². The van der Waals surface area contributed by atoms with E-state index in [1.54, 1.807) is 0 Å². The van der Waals surface area contributed by atoms with Crippen molar-refractivity contribution in [1.82, 2.24) is 5.32 Å². The molecule has 2 fully saturated rings. The highest BCUT2D eigenvalue weighted by Crippen LogP contribution is 2.37. The van der Waals surface area contributed by atoms with E-state index in [1.165, 1.54) is 51.5 Å². The molecule has 0 aliphatic heterocycles. The van der Waals surface area contributed by atoms with Crippen LogP contribution >= 0.6 is 0 Å². The van der Waals surface area contributed by atoms with E-state index in [9.17, 15) is 0 Å². The smallest absolute Gasteiger partial charge is 0.00929 e. The van der Waals surface area contributed by atoms with E-state index >= 15 is 0 Å². The molecule has 0 heterocycles. The Labute approximate surface area is 88.7 Å². The number of nitrogens with one attached hydrogen (secondary N) is 1. The van der Waals surface area contributed by atoms with Gasteiger partial charge in [-0.3, -0.25) is 0 Å². The SMILES string of the molecule is CC1CCCC1NCC1(C)CCCC1. The second-order valence-corrected chi connectivity index (χ2v) is 5.91. The Balaban J connectivity index is 1.75. The van der Waals surface area contributed by atoms with Gasteiger partial charge in [0.1, 0.15) is 0 Å². The van der Waals surface area contributed by atoms with Crippen LogP contribution in [0.15, 0.2) is 0 Å². The van der Waals surface area contributed by atoms with Crippen molar-refractivity contribution in [2.45, 2.75) is 64.8 Å². The van der Waals surface area contributed by atoms with E-state index in [4.69, 9.17) is 0 Å². The lowest BCUT2D eigenvalue weighted by Crippen LogP contribution is -2.38. The Hall–Kier alpha value is -0.0400. The van der Waals surface area contributed by atoms with Crippen LogP contribution in [0.2, 0.25) is 0 Å². The average molecular weight is 195 g/mol. The maximum atomic E-state index is 3.81. The first-order valence-corrected chi connectivity index (χ1v) is 6.43. The van der Waals surface area contributed by atoms with Crippen LogP contribution in [0.25, 0.3) is 0 Å².